The van der Waals surface area contributed by atoms with Crippen molar-refractivity contribution in [1.82, 2.24) is 4.90 Å². The number of carbonyl (C=O) groups excluding carboxylic acids is 1. The van der Waals surface area contributed by atoms with Gasteiger partial charge >= 0.3 is 0 Å². The Morgan fingerprint density at radius 2 is 2.35 bits per heavy atom. The molecule has 1 saturated heterocycles. The molecule has 7 heteroatoms. The molecule has 0 aromatic heterocycles. The highest BCUT2D eigenvalue weighted by Crippen LogP contribution is 2.24. The molecule has 1 aromatic rings. The van der Waals surface area contributed by atoms with Crippen molar-refractivity contribution in [2.45, 2.75) is 13.0 Å². The molecule has 1 atom stereocenters. The lowest BCUT2D eigenvalue weighted by atomic mass is 10.0. The maximum atomic E-state index is 12.5. The second-order valence-corrected chi connectivity index (χ2v) is 4.65. The Labute approximate surface area is 115 Å². The summed E-state index contributed by atoms with van der Waals surface area (Å²) in [5, 5.41) is 20.1. The second kappa shape index (κ2) is 5.98. The van der Waals surface area contributed by atoms with E-state index >= 15 is 0 Å². The van der Waals surface area contributed by atoms with Crippen LogP contribution in [-0.2, 0) is 4.74 Å². The number of hydrogen-bond acceptors (Lipinski definition) is 5. The SMILES string of the molecule is Cc1cccc([N+](=O)[O-])c1C(=O)N1CCOC(CO)C1. The van der Waals surface area contributed by atoms with Crippen LogP contribution < -0.4 is 0 Å². The van der Waals surface area contributed by atoms with E-state index in [-0.39, 0.29) is 24.4 Å². The third kappa shape index (κ3) is 2.78. The molecule has 1 aliphatic rings. The minimum Gasteiger partial charge on any atom is -0.394 e. The van der Waals surface area contributed by atoms with Crippen LogP contribution >= 0.6 is 0 Å². The highest BCUT2D eigenvalue weighted by atomic mass is 16.6. The number of rotatable bonds is 3. The number of aliphatic hydroxyl groups is 1. The van der Waals surface area contributed by atoms with Crippen LogP contribution in [0.3, 0.4) is 0 Å². The molecule has 0 radical (unpaired) electrons. The molecular formula is C13H16N2O5. The van der Waals surface area contributed by atoms with E-state index < -0.39 is 16.9 Å². The molecule has 1 aromatic carbocycles. The predicted octanol–water partition coefficient (Wildman–Crippen LogP) is 0.737. The van der Waals surface area contributed by atoms with Gasteiger partial charge < -0.3 is 14.7 Å². The Morgan fingerprint density at radius 1 is 1.60 bits per heavy atom. The maximum Gasteiger partial charge on any atom is 0.282 e. The molecule has 1 heterocycles. The fourth-order valence-corrected chi connectivity index (χ4v) is 2.26. The van der Waals surface area contributed by atoms with Crippen LogP contribution in [0.2, 0.25) is 0 Å². The highest BCUT2D eigenvalue weighted by Gasteiger charge is 2.30. The number of amides is 1. The van der Waals surface area contributed by atoms with E-state index in [1.165, 1.54) is 11.0 Å². The van der Waals surface area contributed by atoms with Gasteiger partial charge in [-0.3, -0.25) is 14.9 Å². The summed E-state index contributed by atoms with van der Waals surface area (Å²) in [6, 6.07) is 4.55. The van der Waals surface area contributed by atoms with E-state index in [0.717, 1.165) is 0 Å². The van der Waals surface area contributed by atoms with E-state index in [2.05, 4.69) is 0 Å². The molecule has 0 bridgehead atoms. The number of morpholine rings is 1. The Hall–Kier alpha value is -1.99. The molecule has 7 nitrogen and oxygen atoms in total. The number of benzene rings is 1. The molecule has 1 aliphatic heterocycles. The summed E-state index contributed by atoms with van der Waals surface area (Å²) in [6.45, 7) is 2.40. The van der Waals surface area contributed by atoms with Crippen LogP contribution in [0.25, 0.3) is 0 Å². The Morgan fingerprint density at radius 3 is 3.00 bits per heavy atom. The van der Waals surface area contributed by atoms with Crippen LogP contribution in [0.1, 0.15) is 15.9 Å². The van der Waals surface area contributed by atoms with Crippen molar-refractivity contribution in [3.8, 4) is 0 Å². The number of aryl methyl sites for hydroxylation is 1. The second-order valence-electron chi connectivity index (χ2n) is 4.65. The number of nitrogens with zero attached hydrogens (tertiary/aromatic N) is 2. The highest BCUT2D eigenvalue weighted by molar-refractivity contribution is 5.99. The number of nitro benzene ring substituents is 1. The molecule has 2 rings (SSSR count). The first-order valence-corrected chi connectivity index (χ1v) is 6.30. The van der Waals surface area contributed by atoms with Gasteiger partial charge in [-0.25, -0.2) is 0 Å². The van der Waals surface area contributed by atoms with Gasteiger partial charge in [0, 0.05) is 19.2 Å². The molecule has 0 spiro atoms. The Balaban J connectivity index is 2.31. The number of hydrogen-bond donors (Lipinski definition) is 1. The zero-order valence-corrected chi connectivity index (χ0v) is 11.1. The fourth-order valence-electron chi connectivity index (χ4n) is 2.26. The lowest BCUT2D eigenvalue weighted by molar-refractivity contribution is -0.385. The summed E-state index contributed by atoms with van der Waals surface area (Å²) in [7, 11) is 0. The summed E-state index contributed by atoms with van der Waals surface area (Å²) in [5.74, 6) is -0.392. The van der Waals surface area contributed by atoms with E-state index in [1.807, 2.05) is 0 Å². The molecule has 1 amide bonds. The van der Waals surface area contributed by atoms with Gasteiger partial charge in [-0.2, -0.15) is 0 Å². The number of aliphatic hydroxyl groups excluding tert-OH is 1. The zero-order valence-electron chi connectivity index (χ0n) is 11.1. The smallest absolute Gasteiger partial charge is 0.282 e. The molecule has 1 N–H and O–H groups in total. The van der Waals surface area contributed by atoms with E-state index in [1.54, 1.807) is 19.1 Å². The van der Waals surface area contributed by atoms with Crippen molar-refractivity contribution in [2.75, 3.05) is 26.3 Å². The summed E-state index contributed by atoms with van der Waals surface area (Å²) >= 11 is 0. The fraction of sp³-hybridized carbons (Fsp3) is 0.462. The predicted molar refractivity (Wildman–Crippen MR) is 70.6 cm³/mol. The van der Waals surface area contributed by atoms with E-state index in [9.17, 15) is 14.9 Å². The summed E-state index contributed by atoms with van der Waals surface area (Å²) in [5.41, 5.74) is 0.481. The van der Waals surface area contributed by atoms with Gasteiger partial charge in [0.05, 0.1) is 24.2 Å². The number of carbonyl (C=O) groups is 1. The van der Waals surface area contributed by atoms with Crippen molar-refractivity contribution in [3.63, 3.8) is 0 Å². The van der Waals surface area contributed by atoms with Crippen molar-refractivity contribution < 1.29 is 19.6 Å². The normalized spacial score (nSPS) is 18.9. The first kappa shape index (κ1) is 14.4. The van der Waals surface area contributed by atoms with Crippen LogP contribution in [0.5, 0.6) is 0 Å². The van der Waals surface area contributed by atoms with E-state index in [0.29, 0.717) is 18.7 Å². The Kier molecular flexibility index (Phi) is 4.31. The minimum atomic E-state index is -0.551. The third-order valence-electron chi connectivity index (χ3n) is 3.29. The topological polar surface area (TPSA) is 92.9 Å². The Bertz CT molecular complexity index is 531. The zero-order chi connectivity index (χ0) is 14.7. The number of ether oxygens (including phenoxy) is 1. The molecule has 20 heavy (non-hydrogen) atoms. The minimum absolute atomic E-state index is 0.107. The van der Waals surface area contributed by atoms with Crippen molar-refractivity contribution in [2.24, 2.45) is 0 Å². The average Bonchev–Trinajstić information content (AvgIpc) is 2.46. The van der Waals surface area contributed by atoms with Gasteiger partial charge in [0.15, 0.2) is 0 Å². The maximum absolute atomic E-state index is 12.5. The quantitative estimate of drug-likeness (QED) is 0.651. The first-order valence-electron chi connectivity index (χ1n) is 6.30. The molecular weight excluding hydrogens is 264 g/mol. The van der Waals surface area contributed by atoms with Crippen LogP contribution in [-0.4, -0.2) is 53.2 Å². The van der Waals surface area contributed by atoms with Crippen LogP contribution in [0, 0.1) is 17.0 Å². The van der Waals surface area contributed by atoms with Crippen molar-refractivity contribution in [3.05, 3.63) is 39.4 Å². The van der Waals surface area contributed by atoms with Crippen LogP contribution in [0.4, 0.5) is 5.69 Å². The molecule has 1 unspecified atom stereocenters. The monoisotopic (exact) mass is 280 g/mol. The lowest BCUT2D eigenvalue weighted by Gasteiger charge is -2.32. The summed E-state index contributed by atoms with van der Waals surface area (Å²) in [6.07, 6.45) is -0.434. The lowest BCUT2D eigenvalue weighted by Crippen LogP contribution is -2.47. The van der Waals surface area contributed by atoms with Gasteiger partial charge in [0.25, 0.3) is 11.6 Å². The van der Waals surface area contributed by atoms with E-state index in [4.69, 9.17) is 9.84 Å². The molecule has 0 saturated carbocycles. The molecule has 108 valence electrons. The van der Waals surface area contributed by atoms with Gasteiger partial charge in [-0.1, -0.05) is 12.1 Å². The standard InChI is InChI=1S/C13H16N2O5/c1-9-3-2-4-11(15(18)19)12(9)13(17)14-5-6-20-10(7-14)8-16/h2-4,10,16H,5-8H2,1H3. The van der Waals surface area contributed by atoms with Gasteiger partial charge in [-0.15, -0.1) is 0 Å². The first-order chi connectivity index (χ1) is 9.54. The largest absolute Gasteiger partial charge is 0.394 e. The average molecular weight is 280 g/mol. The summed E-state index contributed by atoms with van der Waals surface area (Å²) < 4.78 is 5.27. The molecule has 0 aliphatic carbocycles. The summed E-state index contributed by atoms with van der Waals surface area (Å²) in [4.78, 5) is 24.5. The third-order valence-corrected chi connectivity index (χ3v) is 3.29. The number of nitro groups is 1. The van der Waals surface area contributed by atoms with Gasteiger partial charge in [0.1, 0.15) is 5.56 Å². The van der Waals surface area contributed by atoms with Crippen molar-refractivity contribution >= 4 is 11.6 Å². The van der Waals surface area contributed by atoms with Crippen LogP contribution in [0.15, 0.2) is 18.2 Å². The van der Waals surface area contributed by atoms with Gasteiger partial charge in [0.2, 0.25) is 0 Å². The molecule has 1 fully saturated rings. The van der Waals surface area contributed by atoms with Gasteiger partial charge in [-0.05, 0) is 12.5 Å². The van der Waals surface area contributed by atoms with Crippen molar-refractivity contribution in [1.29, 1.82) is 0 Å².